The van der Waals surface area contributed by atoms with Gasteiger partial charge in [-0.15, -0.1) is 0 Å². The van der Waals surface area contributed by atoms with Crippen LogP contribution in [0.4, 0.5) is 18.9 Å². The summed E-state index contributed by atoms with van der Waals surface area (Å²) in [5, 5.41) is 13.3. The smallest absolute Gasteiger partial charge is 0.416 e. The molecule has 0 aromatic heterocycles. The van der Waals surface area contributed by atoms with Gasteiger partial charge in [0.25, 0.3) is 5.91 Å². The number of aliphatic hydroxyl groups excluding tert-OH is 1. The zero-order chi connectivity index (χ0) is 34.8. The predicted molar refractivity (Wildman–Crippen MR) is 180 cm³/mol. The van der Waals surface area contributed by atoms with Crippen LogP contribution in [0, 0.1) is 11.8 Å². The summed E-state index contributed by atoms with van der Waals surface area (Å²) in [5.74, 6) is -0.105. The lowest BCUT2D eigenvalue weighted by Crippen LogP contribution is -2.47. The van der Waals surface area contributed by atoms with Gasteiger partial charge in [-0.05, 0) is 88.9 Å². The highest BCUT2D eigenvalue weighted by atomic mass is 19.4. The van der Waals surface area contributed by atoms with Crippen LogP contribution in [0.1, 0.15) is 93.6 Å². The highest BCUT2D eigenvalue weighted by Gasteiger charge is 2.32. The Kier molecular flexibility index (Phi) is 13.7. The van der Waals surface area contributed by atoms with E-state index in [-0.39, 0.29) is 49.0 Å². The third-order valence-corrected chi connectivity index (χ3v) is 9.52. The Hall–Kier alpha value is -3.15. The molecule has 48 heavy (non-hydrogen) atoms. The topological polar surface area (TPSA) is 91.3 Å². The van der Waals surface area contributed by atoms with E-state index >= 15 is 0 Å². The van der Waals surface area contributed by atoms with Crippen molar-refractivity contribution in [3.8, 4) is 5.75 Å². The van der Waals surface area contributed by atoms with Crippen molar-refractivity contribution in [2.75, 3.05) is 38.7 Å². The molecule has 1 heterocycles. The number of rotatable bonds is 8. The fraction of sp³-hybridized carbons (Fsp3) is 0.622. The summed E-state index contributed by atoms with van der Waals surface area (Å²) in [5.41, 5.74) is 0.928. The van der Waals surface area contributed by atoms with Gasteiger partial charge >= 0.3 is 6.18 Å². The van der Waals surface area contributed by atoms with Gasteiger partial charge < -0.3 is 24.8 Å². The largest absolute Gasteiger partial charge is 0.490 e. The van der Waals surface area contributed by atoms with Gasteiger partial charge in [-0.1, -0.05) is 38.3 Å². The fourth-order valence-corrected chi connectivity index (χ4v) is 6.55. The molecule has 1 saturated carbocycles. The molecule has 2 aromatic carbocycles. The predicted octanol–water partition coefficient (Wildman–Crippen LogP) is 7.15. The van der Waals surface area contributed by atoms with Gasteiger partial charge in [0.15, 0.2) is 0 Å². The molecule has 0 unspecified atom stereocenters. The SMILES string of the molecule is C[C@H](CO)N1C[C@H](C)[C@H](CN(C)Cc2ccc(C(F)(F)F)cc2)OCCCC[C@H](C)Oc2ccc(NC(=O)C3CCCCC3)cc2C1=O. The normalized spacial score (nSPS) is 22.8. The molecule has 2 N–H and O–H groups in total. The number of carbonyl (C=O) groups excluding carboxylic acids is 2. The number of nitrogens with one attached hydrogen (secondary N) is 1. The molecule has 4 rings (SSSR count). The number of benzene rings is 2. The molecule has 266 valence electrons. The second-order valence-corrected chi connectivity index (χ2v) is 13.7. The molecule has 4 atom stereocenters. The van der Waals surface area contributed by atoms with Gasteiger partial charge in [0.1, 0.15) is 5.75 Å². The number of nitrogens with zero attached hydrogens (tertiary/aromatic N) is 2. The van der Waals surface area contributed by atoms with E-state index in [0.29, 0.717) is 36.7 Å². The monoisotopic (exact) mass is 675 g/mol. The maximum Gasteiger partial charge on any atom is 0.416 e. The highest BCUT2D eigenvalue weighted by molar-refractivity contribution is 6.00. The number of amides is 2. The van der Waals surface area contributed by atoms with E-state index < -0.39 is 17.8 Å². The molecule has 8 nitrogen and oxygen atoms in total. The first-order valence-corrected chi connectivity index (χ1v) is 17.3. The van der Waals surface area contributed by atoms with Crippen LogP contribution < -0.4 is 10.1 Å². The summed E-state index contributed by atoms with van der Waals surface area (Å²) in [6.07, 6.45) is 2.51. The van der Waals surface area contributed by atoms with Crippen molar-refractivity contribution in [1.82, 2.24) is 9.80 Å². The summed E-state index contributed by atoms with van der Waals surface area (Å²) in [6, 6.07) is 9.88. The Labute approximate surface area is 283 Å². The molecular formula is C37H52F3N3O5. The fourth-order valence-electron chi connectivity index (χ4n) is 6.55. The Morgan fingerprint density at radius 2 is 1.73 bits per heavy atom. The number of likely N-dealkylation sites (N-methyl/N-ethyl adjacent to an activating group) is 1. The Morgan fingerprint density at radius 3 is 2.40 bits per heavy atom. The summed E-state index contributed by atoms with van der Waals surface area (Å²) in [7, 11) is 1.90. The van der Waals surface area contributed by atoms with E-state index in [9.17, 15) is 27.9 Å². The van der Waals surface area contributed by atoms with Crippen LogP contribution in [0.5, 0.6) is 5.75 Å². The molecule has 0 radical (unpaired) electrons. The van der Waals surface area contributed by atoms with Crippen LogP contribution in [0.15, 0.2) is 42.5 Å². The lowest BCUT2D eigenvalue weighted by atomic mass is 9.88. The van der Waals surface area contributed by atoms with Crippen LogP contribution in [0.25, 0.3) is 0 Å². The maximum absolute atomic E-state index is 14.4. The Morgan fingerprint density at radius 1 is 1.04 bits per heavy atom. The summed E-state index contributed by atoms with van der Waals surface area (Å²) >= 11 is 0. The maximum atomic E-state index is 14.4. The molecule has 0 spiro atoms. The van der Waals surface area contributed by atoms with Crippen molar-refractivity contribution < 1.29 is 37.3 Å². The van der Waals surface area contributed by atoms with E-state index in [2.05, 4.69) is 5.32 Å². The molecule has 11 heteroatoms. The van der Waals surface area contributed by atoms with Crippen LogP contribution in [-0.4, -0.2) is 78.3 Å². The zero-order valence-electron chi connectivity index (χ0n) is 28.7. The Bertz CT molecular complexity index is 1330. The minimum Gasteiger partial charge on any atom is -0.490 e. The first kappa shape index (κ1) is 37.7. The van der Waals surface area contributed by atoms with Crippen molar-refractivity contribution in [1.29, 1.82) is 0 Å². The lowest BCUT2D eigenvalue weighted by molar-refractivity contribution is -0.137. The van der Waals surface area contributed by atoms with E-state index in [1.807, 2.05) is 25.8 Å². The van der Waals surface area contributed by atoms with Crippen LogP contribution in [0.2, 0.25) is 0 Å². The number of carbonyl (C=O) groups is 2. The summed E-state index contributed by atoms with van der Waals surface area (Å²) in [6.45, 7) is 7.24. The van der Waals surface area contributed by atoms with Crippen LogP contribution in [-0.2, 0) is 22.3 Å². The highest BCUT2D eigenvalue weighted by Crippen LogP contribution is 2.31. The third kappa shape index (κ3) is 10.7. The molecule has 1 aliphatic heterocycles. The number of anilines is 1. The molecule has 2 aromatic rings. The molecule has 0 saturated heterocycles. The second-order valence-electron chi connectivity index (χ2n) is 13.7. The molecule has 1 fully saturated rings. The zero-order valence-corrected chi connectivity index (χ0v) is 28.7. The quantitative estimate of drug-likeness (QED) is 0.309. The number of ether oxygens (including phenoxy) is 2. The number of halogens is 3. The van der Waals surface area contributed by atoms with Gasteiger partial charge in [-0.3, -0.25) is 14.5 Å². The summed E-state index contributed by atoms with van der Waals surface area (Å²) in [4.78, 5) is 31.1. The van der Waals surface area contributed by atoms with E-state index in [1.54, 1.807) is 30.0 Å². The standard InChI is InChI=1S/C37H52F3N3O5/c1-25-21-43(26(2)24-44)36(46)32-20-31(41-35(45)29-11-6-5-7-12-29)17-18-33(32)48-27(3)10-8-9-19-47-34(25)23-42(4)22-28-13-15-30(16-14-28)37(38,39)40/h13-18,20,25-27,29,34,44H,5-12,19,21-24H2,1-4H3,(H,41,45)/t25-,26+,27-,34-/m0/s1. The number of hydrogen-bond acceptors (Lipinski definition) is 6. The average molecular weight is 676 g/mol. The molecule has 2 amide bonds. The van der Waals surface area contributed by atoms with Crippen molar-refractivity contribution in [3.05, 3.63) is 59.2 Å². The number of fused-ring (bicyclic) bond motifs is 1. The van der Waals surface area contributed by atoms with Gasteiger partial charge in [-0.25, -0.2) is 0 Å². The van der Waals surface area contributed by atoms with Crippen LogP contribution >= 0.6 is 0 Å². The number of hydrogen-bond donors (Lipinski definition) is 2. The van der Waals surface area contributed by atoms with Gasteiger partial charge in [0.2, 0.25) is 5.91 Å². The lowest BCUT2D eigenvalue weighted by Gasteiger charge is -2.36. The van der Waals surface area contributed by atoms with Crippen molar-refractivity contribution in [2.45, 2.75) is 103 Å². The van der Waals surface area contributed by atoms with E-state index in [4.69, 9.17) is 9.47 Å². The van der Waals surface area contributed by atoms with Gasteiger partial charge in [-0.2, -0.15) is 13.2 Å². The minimum absolute atomic E-state index is 0.0353. The summed E-state index contributed by atoms with van der Waals surface area (Å²) < 4.78 is 51.9. The Balaban J connectivity index is 1.56. The van der Waals surface area contributed by atoms with Crippen molar-refractivity contribution >= 4 is 17.5 Å². The molecule has 1 aliphatic carbocycles. The molecule has 2 aliphatic rings. The van der Waals surface area contributed by atoms with Gasteiger partial charge in [0, 0.05) is 43.8 Å². The van der Waals surface area contributed by atoms with Crippen molar-refractivity contribution in [3.63, 3.8) is 0 Å². The molecular weight excluding hydrogens is 623 g/mol. The van der Waals surface area contributed by atoms with Crippen LogP contribution in [0.3, 0.4) is 0 Å². The van der Waals surface area contributed by atoms with E-state index in [1.165, 1.54) is 12.1 Å². The first-order valence-electron chi connectivity index (χ1n) is 17.3. The minimum atomic E-state index is -4.39. The third-order valence-electron chi connectivity index (χ3n) is 9.52. The van der Waals surface area contributed by atoms with E-state index in [0.717, 1.165) is 69.1 Å². The first-order chi connectivity index (χ1) is 22.8. The van der Waals surface area contributed by atoms with Crippen molar-refractivity contribution in [2.24, 2.45) is 11.8 Å². The average Bonchev–Trinajstić information content (AvgIpc) is 3.06. The number of aliphatic hydroxyl groups is 1. The number of alkyl halides is 3. The van der Waals surface area contributed by atoms with Gasteiger partial charge in [0.05, 0.1) is 36.0 Å². The molecule has 0 bridgehead atoms. The second kappa shape index (κ2) is 17.5.